The minimum Gasteiger partial charge on any atom is -0.484 e. The van der Waals surface area contributed by atoms with Crippen LogP contribution in [-0.2, 0) is 16.1 Å². The molecule has 2 amide bonds. The van der Waals surface area contributed by atoms with Crippen LogP contribution in [0, 0.1) is 13.8 Å². The van der Waals surface area contributed by atoms with Crippen molar-refractivity contribution in [2.45, 2.75) is 46.7 Å². The Morgan fingerprint density at radius 2 is 1.75 bits per heavy atom. The molecular weight excluding hydrogens is 352 g/mol. The number of carbonyl (C=O) groups is 2. The van der Waals surface area contributed by atoms with E-state index < -0.39 is 6.04 Å². The van der Waals surface area contributed by atoms with Crippen molar-refractivity contribution in [3.63, 3.8) is 0 Å². The standard InChI is InChI=1S/C23H30N2O3/c1-5-14-24-23(27)19(4)25(15-20-9-7-6-8-18(20)3)22(26)16-28-21-12-10-17(2)11-13-21/h6-13,19H,5,14-16H2,1-4H3,(H,24,27). The molecule has 0 fully saturated rings. The lowest BCUT2D eigenvalue weighted by molar-refractivity contribution is -0.142. The van der Waals surface area contributed by atoms with Gasteiger partial charge in [-0.15, -0.1) is 0 Å². The fourth-order valence-electron chi connectivity index (χ4n) is 2.81. The van der Waals surface area contributed by atoms with Gasteiger partial charge in [-0.25, -0.2) is 0 Å². The predicted octanol–water partition coefficient (Wildman–Crippen LogP) is 3.63. The summed E-state index contributed by atoms with van der Waals surface area (Å²) in [6.07, 6.45) is 0.848. The first-order chi connectivity index (χ1) is 13.4. The van der Waals surface area contributed by atoms with Gasteiger partial charge in [0.25, 0.3) is 5.91 Å². The smallest absolute Gasteiger partial charge is 0.261 e. The fourth-order valence-corrected chi connectivity index (χ4v) is 2.81. The first-order valence-electron chi connectivity index (χ1n) is 9.73. The third-order valence-corrected chi connectivity index (χ3v) is 4.70. The van der Waals surface area contributed by atoms with Crippen LogP contribution in [0.3, 0.4) is 0 Å². The molecule has 1 N–H and O–H groups in total. The van der Waals surface area contributed by atoms with Gasteiger partial charge in [0, 0.05) is 13.1 Å². The SMILES string of the molecule is CCCNC(=O)C(C)N(Cc1ccccc1C)C(=O)COc1ccc(C)cc1. The van der Waals surface area contributed by atoms with Crippen molar-refractivity contribution in [2.75, 3.05) is 13.2 Å². The van der Waals surface area contributed by atoms with Crippen molar-refractivity contribution in [2.24, 2.45) is 0 Å². The molecule has 0 heterocycles. The molecular formula is C23H30N2O3. The molecule has 150 valence electrons. The third-order valence-electron chi connectivity index (χ3n) is 4.70. The van der Waals surface area contributed by atoms with Crippen LogP contribution in [0.4, 0.5) is 0 Å². The first kappa shape index (κ1) is 21.5. The Bertz CT molecular complexity index is 787. The minimum atomic E-state index is -0.583. The van der Waals surface area contributed by atoms with Crippen LogP contribution < -0.4 is 10.1 Å². The van der Waals surface area contributed by atoms with E-state index in [9.17, 15) is 9.59 Å². The Kier molecular flexibility index (Phi) is 8.05. The predicted molar refractivity (Wildman–Crippen MR) is 111 cm³/mol. The largest absolute Gasteiger partial charge is 0.484 e. The number of rotatable bonds is 9. The Morgan fingerprint density at radius 3 is 2.39 bits per heavy atom. The molecule has 5 heteroatoms. The highest BCUT2D eigenvalue weighted by Crippen LogP contribution is 2.15. The highest BCUT2D eigenvalue weighted by molar-refractivity contribution is 5.87. The van der Waals surface area contributed by atoms with E-state index >= 15 is 0 Å². The van der Waals surface area contributed by atoms with Gasteiger partial charge in [0.05, 0.1) is 0 Å². The van der Waals surface area contributed by atoms with Crippen molar-refractivity contribution < 1.29 is 14.3 Å². The Morgan fingerprint density at radius 1 is 1.07 bits per heavy atom. The number of ether oxygens (including phenoxy) is 1. The van der Waals surface area contributed by atoms with Gasteiger partial charge < -0.3 is 15.0 Å². The van der Waals surface area contributed by atoms with Gasteiger partial charge in [-0.1, -0.05) is 48.9 Å². The topological polar surface area (TPSA) is 58.6 Å². The van der Waals surface area contributed by atoms with Gasteiger partial charge in [0.15, 0.2) is 6.61 Å². The van der Waals surface area contributed by atoms with E-state index in [1.165, 1.54) is 0 Å². The zero-order chi connectivity index (χ0) is 20.5. The van der Waals surface area contributed by atoms with Crippen LogP contribution in [0.1, 0.15) is 37.0 Å². The first-order valence-corrected chi connectivity index (χ1v) is 9.73. The summed E-state index contributed by atoms with van der Waals surface area (Å²) >= 11 is 0. The molecule has 0 aliphatic carbocycles. The number of aryl methyl sites for hydroxylation is 2. The average molecular weight is 383 g/mol. The van der Waals surface area contributed by atoms with Crippen LogP contribution in [0.2, 0.25) is 0 Å². The van der Waals surface area contributed by atoms with Crippen molar-refractivity contribution in [1.29, 1.82) is 0 Å². The molecule has 0 spiro atoms. The monoisotopic (exact) mass is 382 g/mol. The molecule has 1 atom stereocenters. The van der Waals surface area contributed by atoms with Gasteiger partial charge in [-0.3, -0.25) is 9.59 Å². The maximum atomic E-state index is 12.9. The van der Waals surface area contributed by atoms with Crippen LogP contribution >= 0.6 is 0 Å². The molecule has 0 saturated heterocycles. The highest BCUT2D eigenvalue weighted by Gasteiger charge is 2.26. The highest BCUT2D eigenvalue weighted by atomic mass is 16.5. The van der Waals surface area contributed by atoms with Gasteiger partial charge >= 0.3 is 0 Å². The van der Waals surface area contributed by atoms with Gasteiger partial charge in [0.2, 0.25) is 5.91 Å². The van der Waals surface area contributed by atoms with Crippen LogP contribution in [0.15, 0.2) is 48.5 Å². The molecule has 0 aromatic heterocycles. The summed E-state index contributed by atoms with van der Waals surface area (Å²) in [6, 6.07) is 14.9. The Labute approximate surface area is 167 Å². The number of benzene rings is 2. The molecule has 2 rings (SSSR count). The lowest BCUT2D eigenvalue weighted by Crippen LogP contribution is -2.49. The maximum absolute atomic E-state index is 12.9. The van der Waals surface area contributed by atoms with Crippen molar-refractivity contribution in [3.8, 4) is 5.75 Å². The molecule has 0 saturated carbocycles. The van der Waals surface area contributed by atoms with Crippen LogP contribution in [-0.4, -0.2) is 35.9 Å². The van der Waals surface area contributed by atoms with E-state index in [2.05, 4.69) is 5.32 Å². The number of carbonyl (C=O) groups excluding carboxylic acids is 2. The lowest BCUT2D eigenvalue weighted by Gasteiger charge is -2.29. The van der Waals surface area contributed by atoms with E-state index in [0.717, 1.165) is 23.1 Å². The molecule has 2 aromatic rings. The van der Waals surface area contributed by atoms with Crippen molar-refractivity contribution >= 4 is 11.8 Å². The molecule has 0 bridgehead atoms. The quantitative estimate of drug-likeness (QED) is 0.721. The lowest BCUT2D eigenvalue weighted by atomic mass is 10.1. The Hall–Kier alpha value is -2.82. The molecule has 2 aromatic carbocycles. The van der Waals surface area contributed by atoms with Crippen molar-refractivity contribution in [1.82, 2.24) is 10.2 Å². The molecule has 0 aliphatic rings. The summed E-state index contributed by atoms with van der Waals surface area (Å²) in [7, 11) is 0. The van der Waals surface area contributed by atoms with Crippen LogP contribution in [0.5, 0.6) is 5.75 Å². The van der Waals surface area contributed by atoms with E-state index in [-0.39, 0.29) is 18.4 Å². The van der Waals surface area contributed by atoms with E-state index in [1.54, 1.807) is 11.8 Å². The molecule has 5 nitrogen and oxygen atoms in total. The second-order valence-corrected chi connectivity index (χ2v) is 7.02. The molecule has 0 aliphatic heterocycles. The third kappa shape index (κ3) is 6.12. The average Bonchev–Trinajstić information content (AvgIpc) is 2.70. The molecule has 28 heavy (non-hydrogen) atoms. The van der Waals surface area contributed by atoms with Gasteiger partial charge in [0.1, 0.15) is 11.8 Å². The molecule has 1 unspecified atom stereocenters. The minimum absolute atomic E-state index is 0.111. The fraction of sp³-hybridized carbons (Fsp3) is 0.391. The number of hydrogen-bond acceptors (Lipinski definition) is 3. The summed E-state index contributed by atoms with van der Waals surface area (Å²) < 4.78 is 5.66. The van der Waals surface area contributed by atoms with Gasteiger partial charge in [-0.05, 0) is 50.5 Å². The summed E-state index contributed by atoms with van der Waals surface area (Å²) in [4.78, 5) is 27.0. The number of hydrogen-bond donors (Lipinski definition) is 1. The molecule has 0 radical (unpaired) electrons. The number of amides is 2. The van der Waals surface area contributed by atoms with Gasteiger partial charge in [-0.2, -0.15) is 0 Å². The zero-order valence-corrected chi connectivity index (χ0v) is 17.2. The summed E-state index contributed by atoms with van der Waals surface area (Å²) in [5.74, 6) is 0.264. The van der Waals surface area contributed by atoms with Crippen LogP contribution in [0.25, 0.3) is 0 Å². The normalized spacial score (nSPS) is 11.6. The summed E-state index contributed by atoms with van der Waals surface area (Å²) in [6.45, 7) is 8.60. The summed E-state index contributed by atoms with van der Waals surface area (Å²) in [5, 5.41) is 2.87. The zero-order valence-electron chi connectivity index (χ0n) is 17.2. The van der Waals surface area contributed by atoms with E-state index in [0.29, 0.717) is 18.8 Å². The second-order valence-electron chi connectivity index (χ2n) is 7.02. The number of nitrogens with zero attached hydrogens (tertiary/aromatic N) is 1. The Balaban J connectivity index is 2.13. The van der Waals surface area contributed by atoms with E-state index in [1.807, 2.05) is 69.3 Å². The number of nitrogens with one attached hydrogen (secondary N) is 1. The maximum Gasteiger partial charge on any atom is 0.261 e. The second kappa shape index (κ2) is 10.5. The summed E-state index contributed by atoms with van der Waals surface area (Å²) in [5.41, 5.74) is 3.23. The van der Waals surface area contributed by atoms with E-state index in [4.69, 9.17) is 4.74 Å². The van der Waals surface area contributed by atoms with Crippen molar-refractivity contribution in [3.05, 3.63) is 65.2 Å².